The summed E-state index contributed by atoms with van der Waals surface area (Å²) in [5, 5.41) is 0. The van der Waals surface area contributed by atoms with E-state index in [1.807, 2.05) is 65.8 Å². The molecule has 1 aromatic rings. The predicted octanol–water partition coefficient (Wildman–Crippen LogP) is 15.4. The first kappa shape index (κ1) is 47.9. The van der Waals surface area contributed by atoms with Crippen molar-refractivity contribution in [1.29, 1.82) is 0 Å². The van der Waals surface area contributed by atoms with Crippen molar-refractivity contribution in [2.75, 3.05) is 0 Å². The van der Waals surface area contributed by atoms with Crippen LogP contribution in [-0.2, 0) is 0 Å². The number of unbranched alkanes of at least 4 members (excludes halogenated alkanes) is 1. The molecule has 40 heavy (non-hydrogen) atoms. The summed E-state index contributed by atoms with van der Waals surface area (Å²) in [6.07, 6.45) is 33.2. The lowest BCUT2D eigenvalue weighted by Gasteiger charge is -2.05. The van der Waals surface area contributed by atoms with Crippen LogP contribution < -0.4 is 0 Å². The van der Waals surface area contributed by atoms with Crippen LogP contribution in [0.3, 0.4) is 0 Å². The highest BCUT2D eigenvalue weighted by Gasteiger charge is 1.96. The first-order valence-electron chi connectivity index (χ1n) is 16.9. The third-order valence-electron chi connectivity index (χ3n) is 5.30. The lowest BCUT2D eigenvalue weighted by molar-refractivity contribution is 0.504. The SMILES string of the molecule is C1CCC1.C1CCC1.C1CCC1.C=C(C)C.C=CC.CC.CC/C=C\CC.CC=Cc1ccccc1.CCCC. The zero-order valence-corrected chi connectivity index (χ0v) is 29.5. The van der Waals surface area contributed by atoms with Gasteiger partial charge in [0, 0.05) is 0 Å². The normalized spacial score (nSPS) is 12.9. The molecular weight excluding hydrogens is 480 g/mol. The molecule has 0 radical (unpaired) electrons. The van der Waals surface area contributed by atoms with Crippen molar-refractivity contribution in [2.45, 2.75) is 172 Å². The van der Waals surface area contributed by atoms with E-state index in [1.54, 1.807) is 6.08 Å². The first-order valence-corrected chi connectivity index (χ1v) is 16.9. The molecule has 0 N–H and O–H groups in total. The maximum Gasteiger partial charge on any atom is -0.0260 e. The van der Waals surface area contributed by atoms with Crippen LogP contribution in [0.25, 0.3) is 6.08 Å². The van der Waals surface area contributed by atoms with E-state index in [0.717, 1.165) is 0 Å². The largest absolute Gasteiger partial charge is 0.103 e. The van der Waals surface area contributed by atoms with Gasteiger partial charge in [-0.1, -0.05) is 198 Å². The molecule has 3 fully saturated rings. The second-order valence-electron chi connectivity index (χ2n) is 10.1. The topological polar surface area (TPSA) is 0 Å². The summed E-state index contributed by atoms with van der Waals surface area (Å²) < 4.78 is 0. The van der Waals surface area contributed by atoms with Gasteiger partial charge in [0.15, 0.2) is 0 Å². The van der Waals surface area contributed by atoms with Crippen LogP contribution >= 0.6 is 0 Å². The van der Waals surface area contributed by atoms with E-state index in [1.165, 1.54) is 114 Å². The van der Waals surface area contributed by atoms with Gasteiger partial charge in [-0.2, -0.15) is 0 Å². The van der Waals surface area contributed by atoms with E-state index in [4.69, 9.17) is 0 Å². The molecule has 236 valence electrons. The Morgan fingerprint density at radius 1 is 0.625 bits per heavy atom. The average molecular weight is 557 g/mol. The smallest absolute Gasteiger partial charge is 0.0260 e. The molecule has 0 heterocycles. The van der Waals surface area contributed by atoms with Gasteiger partial charge in [-0.3, -0.25) is 0 Å². The van der Waals surface area contributed by atoms with Gasteiger partial charge in [-0.05, 0) is 46.1 Å². The third-order valence-corrected chi connectivity index (χ3v) is 5.30. The molecule has 3 aliphatic rings. The third kappa shape index (κ3) is 70.6. The minimum absolute atomic E-state index is 1.17. The van der Waals surface area contributed by atoms with Crippen molar-refractivity contribution < 1.29 is 0 Å². The summed E-state index contributed by atoms with van der Waals surface area (Å²) in [5.41, 5.74) is 2.43. The summed E-state index contributed by atoms with van der Waals surface area (Å²) >= 11 is 0. The Kier molecular flexibility index (Phi) is 64.0. The van der Waals surface area contributed by atoms with Crippen molar-refractivity contribution in [3.8, 4) is 0 Å². The summed E-state index contributed by atoms with van der Waals surface area (Å²) in [6.45, 7) is 27.4. The van der Waals surface area contributed by atoms with Crippen LogP contribution in [0.1, 0.15) is 178 Å². The van der Waals surface area contributed by atoms with Gasteiger partial charge in [-0.25, -0.2) is 0 Å². The van der Waals surface area contributed by atoms with Crippen molar-refractivity contribution in [1.82, 2.24) is 0 Å². The Hall–Kier alpha value is -1.82. The average Bonchev–Trinajstić information content (AvgIpc) is 2.82. The van der Waals surface area contributed by atoms with E-state index < -0.39 is 0 Å². The lowest BCUT2D eigenvalue weighted by atomic mass is 10.0. The molecule has 0 unspecified atom stereocenters. The summed E-state index contributed by atoms with van der Waals surface area (Å²) in [6, 6.07) is 10.3. The van der Waals surface area contributed by atoms with E-state index in [9.17, 15) is 0 Å². The fourth-order valence-corrected chi connectivity index (χ4v) is 1.84. The van der Waals surface area contributed by atoms with Gasteiger partial charge in [0.05, 0.1) is 0 Å². The van der Waals surface area contributed by atoms with Gasteiger partial charge >= 0.3 is 0 Å². The van der Waals surface area contributed by atoms with Crippen LogP contribution in [0, 0.1) is 0 Å². The standard InChI is InChI=1S/C9H10.C6H12.4C4H8.C4H10.C3H6.C2H6/c1-2-6-9-7-4-3-5-8-9;1-3-5-6-4-2;3*1-2-4-3-1;1-4(2)3;1-3-4-2;1-3-2;1-2/h2-8H,1H3;5-6H,3-4H2,1-2H3;3*1-4H2;1H2,2-3H3;3-4H2,1-2H3;3H,1H2,2H3;1-2H3/b;6-5-;;;;;;;. The van der Waals surface area contributed by atoms with Crippen LogP contribution in [-0.4, -0.2) is 0 Å². The molecule has 3 aliphatic carbocycles. The molecule has 0 aliphatic heterocycles. The molecule has 4 rings (SSSR count). The summed E-state index contributed by atoms with van der Waals surface area (Å²) in [4.78, 5) is 0. The number of benzene rings is 1. The van der Waals surface area contributed by atoms with Gasteiger partial charge in [0.1, 0.15) is 0 Å². The maximum atomic E-state index is 3.56. The zero-order valence-electron chi connectivity index (χ0n) is 29.5. The van der Waals surface area contributed by atoms with E-state index in [0.29, 0.717) is 0 Å². The fraction of sp³-hybridized carbons (Fsp3) is 0.650. The minimum atomic E-state index is 1.17. The van der Waals surface area contributed by atoms with Crippen LogP contribution in [0.5, 0.6) is 0 Å². The Balaban J connectivity index is -0.000000119. The fourth-order valence-electron chi connectivity index (χ4n) is 1.84. The quantitative estimate of drug-likeness (QED) is 0.323. The number of hydrogen-bond donors (Lipinski definition) is 0. The Morgan fingerprint density at radius 2 is 0.875 bits per heavy atom. The van der Waals surface area contributed by atoms with E-state index in [-0.39, 0.29) is 0 Å². The van der Waals surface area contributed by atoms with Gasteiger partial charge in [0.25, 0.3) is 0 Å². The molecule has 0 bridgehead atoms. The zero-order chi connectivity index (χ0) is 31.5. The molecular formula is C40H76. The van der Waals surface area contributed by atoms with E-state index >= 15 is 0 Å². The molecule has 0 spiro atoms. The second kappa shape index (κ2) is 53.4. The van der Waals surface area contributed by atoms with Crippen molar-refractivity contribution in [2.24, 2.45) is 0 Å². The van der Waals surface area contributed by atoms with Crippen molar-refractivity contribution in [3.63, 3.8) is 0 Å². The highest BCUT2D eigenvalue weighted by Crippen LogP contribution is 2.15. The number of rotatable bonds is 4. The second-order valence-corrected chi connectivity index (χ2v) is 10.1. The molecule has 0 aromatic heterocycles. The molecule has 0 heteroatoms. The summed E-state index contributed by atoms with van der Waals surface area (Å²) in [7, 11) is 0. The highest BCUT2D eigenvalue weighted by molar-refractivity contribution is 5.47. The van der Waals surface area contributed by atoms with Crippen LogP contribution in [0.15, 0.2) is 73.4 Å². The van der Waals surface area contributed by atoms with E-state index in [2.05, 4.69) is 71.2 Å². The summed E-state index contributed by atoms with van der Waals surface area (Å²) in [5.74, 6) is 0. The lowest BCUT2D eigenvalue weighted by Crippen LogP contribution is -1.85. The minimum Gasteiger partial charge on any atom is -0.103 e. The monoisotopic (exact) mass is 557 g/mol. The molecule has 0 atom stereocenters. The molecule has 1 aromatic carbocycles. The Morgan fingerprint density at radius 3 is 1.02 bits per heavy atom. The number of allylic oxidation sites excluding steroid dienone is 5. The predicted molar refractivity (Wildman–Crippen MR) is 195 cm³/mol. The van der Waals surface area contributed by atoms with Gasteiger partial charge in [-0.15, -0.1) is 13.2 Å². The molecule has 0 amide bonds. The van der Waals surface area contributed by atoms with Gasteiger partial charge < -0.3 is 0 Å². The Bertz CT molecular complexity index is 520. The Labute approximate surface area is 256 Å². The van der Waals surface area contributed by atoms with Crippen molar-refractivity contribution in [3.05, 3.63) is 78.9 Å². The molecule has 0 nitrogen and oxygen atoms in total. The molecule has 0 saturated heterocycles. The van der Waals surface area contributed by atoms with Crippen LogP contribution in [0.2, 0.25) is 0 Å². The first-order chi connectivity index (χ1) is 19.4. The van der Waals surface area contributed by atoms with Crippen LogP contribution in [0.4, 0.5) is 0 Å². The maximum absolute atomic E-state index is 3.56. The van der Waals surface area contributed by atoms with Crippen molar-refractivity contribution >= 4 is 6.08 Å². The highest BCUT2D eigenvalue weighted by atomic mass is 14.0. The van der Waals surface area contributed by atoms with Gasteiger partial charge in [0.2, 0.25) is 0 Å². The molecule has 3 saturated carbocycles. The number of hydrogen-bond acceptors (Lipinski definition) is 0.